The molecular formula is C17H21N3O2S. The molecule has 0 spiro atoms. The van der Waals surface area contributed by atoms with Crippen molar-refractivity contribution in [3.8, 4) is 5.75 Å². The molecule has 23 heavy (non-hydrogen) atoms. The number of amides is 1. The molecule has 0 bridgehead atoms. The second-order valence-electron chi connectivity index (χ2n) is 5.64. The van der Waals surface area contributed by atoms with Crippen molar-refractivity contribution >= 4 is 22.4 Å². The lowest BCUT2D eigenvalue weighted by atomic mass is 10.1. The summed E-state index contributed by atoms with van der Waals surface area (Å²) in [6.45, 7) is 3.14. The van der Waals surface area contributed by atoms with Gasteiger partial charge in [0, 0.05) is 11.9 Å². The summed E-state index contributed by atoms with van der Waals surface area (Å²) in [4.78, 5) is 19.3. The number of carbonyl (C=O) groups is 1. The van der Waals surface area contributed by atoms with Crippen LogP contribution in [0.1, 0.15) is 35.3 Å². The Labute approximate surface area is 140 Å². The van der Waals surface area contributed by atoms with Crippen LogP contribution < -0.4 is 10.1 Å². The maximum absolute atomic E-state index is 12.4. The highest BCUT2D eigenvalue weighted by Gasteiger charge is 2.15. The molecule has 122 valence electrons. The van der Waals surface area contributed by atoms with Gasteiger partial charge in [0.2, 0.25) is 0 Å². The molecule has 1 aromatic heterocycles. The number of para-hydroxylation sites is 1. The lowest BCUT2D eigenvalue weighted by molar-refractivity contribution is 0.102. The van der Waals surface area contributed by atoms with Gasteiger partial charge in [-0.1, -0.05) is 18.6 Å². The molecular weight excluding hydrogens is 310 g/mol. The number of ether oxygens (including phenoxy) is 1. The van der Waals surface area contributed by atoms with E-state index in [0.29, 0.717) is 16.4 Å². The summed E-state index contributed by atoms with van der Waals surface area (Å²) in [5.74, 6) is 0.372. The van der Waals surface area contributed by atoms with E-state index >= 15 is 0 Å². The normalized spacial score (nSPS) is 15.3. The van der Waals surface area contributed by atoms with E-state index in [-0.39, 0.29) is 5.91 Å². The van der Waals surface area contributed by atoms with Gasteiger partial charge in [-0.15, -0.1) is 11.3 Å². The van der Waals surface area contributed by atoms with Crippen LogP contribution in [0.15, 0.2) is 29.6 Å². The number of nitrogens with one attached hydrogen (secondary N) is 1. The van der Waals surface area contributed by atoms with Gasteiger partial charge in [0.05, 0.1) is 18.4 Å². The Kier molecular flexibility index (Phi) is 5.25. The summed E-state index contributed by atoms with van der Waals surface area (Å²) in [6.07, 6.45) is 3.86. The number of likely N-dealkylation sites (tertiary alicyclic amines) is 1. The Morgan fingerprint density at radius 2 is 2.09 bits per heavy atom. The Morgan fingerprint density at radius 3 is 2.87 bits per heavy atom. The number of aromatic nitrogens is 1. The molecule has 1 saturated heterocycles. The molecule has 1 aliphatic heterocycles. The highest BCUT2D eigenvalue weighted by atomic mass is 32.1. The van der Waals surface area contributed by atoms with Gasteiger partial charge in [0.1, 0.15) is 5.75 Å². The van der Waals surface area contributed by atoms with Crippen LogP contribution in [0.3, 0.4) is 0 Å². The standard InChI is InChI=1S/C17H21N3O2S/c1-22-15-8-4-3-7-14(15)16(21)19-17-18-13(12-23-17)11-20-9-5-2-6-10-20/h3-4,7-8,12H,2,5-6,9-11H2,1H3,(H,18,19,21). The Balaban J connectivity index is 1.63. The molecule has 1 N–H and O–H groups in total. The Hall–Kier alpha value is -1.92. The first-order chi connectivity index (χ1) is 11.3. The van der Waals surface area contributed by atoms with Gasteiger partial charge in [0.25, 0.3) is 5.91 Å². The van der Waals surface area contributed by atoms with Crippen molar-refractivity contribution in [3.63, 3.8) is 0 Å². The second kappa shape index (κ2) is 7.57. The Bertz CT molecular complexity index is 665. The van der Waals surface area contributed by atoms with Crippen molar-refractivity contribution < 1.29 is 9.53 Å². The smallest absolute Gasteiger partial charge is 0.261 e. The molecule has 1 amide bonds. The number of anilines is 1. The molecule has 1 aromatic carbocycles. The lowest BCUT2D eigenvalue weighted by Crippen LogP contribution is -2.29. The van der Waals surface area contributed by atoms with Crippen molar-refractivity contribution in [1.82, 2.24) is 9.88 Å². The molecule has 1 aliphatic rings. The van der Waals surface area contributed by atoms with E-state index in [1.807, 2.05) is 17.5 Å². The third-order valence-electron chi connectivity index (χ3n) is 3.96. The highest BCUT2D eigenvalue weighted by molar-refractivity contribution is 7.14. The number of methoxy groups -OCH3 is 1. The molecule has 0 unspecified atom stereocenters. The zero-order valence-electron chi connectivity index (χ0n) is 13.2. The number of hydrogen-bond acceptors (Lipinski definition) is 5. The van der Waals surface area contributed by atoms with Crippen LogP contribution in [0, 0.1) is 0 Å². The van der Waals surface area contributed by atoms with Crippen molar-refractivity contribution in [2.45, 2.75) is 25.8 Å². The minimum atomic E-state index is -0.193. The van der Waals surface area contributed by atoms with Crippen LogP contribution in [0.4, 0.5) is 5.13 Å². The molecule has 1 fully saturated rings. The minimum absolute atomic E-state index is 0.193. The number of thiazole rings is 1. The predicted molar refractivity (Wildman–Crippen MR) is 92.2 cm³/mol. The summed E-state index contributed by atoms with van der Waals surface area (Å²) in [5, 5.41) is 5.51. The van der Waals surface area contributed by atoms with E-state index < -0.39 is 0 Å². The van der Waals surface area contributed by atoms with E-state index in [0.717, 1.165) is 25.3 Å². The van der Waals surface area contributed by atoms with Gasteiger partial charge in [-0.05, 0) is 38.1 Å². The van der Waals surface area contributed by atoms with Gasteiger partial charge in [-0.3, -0.25) is 15.0 Å². The number of benzene rings is 1. The molecule has 3 rings (SSSR count). The van der Waals surface area contributed by atoms with E-state index in [1.165, 1.54) is 30.6 Å². The fourth-order valence-corrected chi connectivity index (χ4v) is 3.48. The Morgan fingerprint density at radius 1 is 1.30 bits per heavy atom. The van der Waals surface area contributed by atoms with E-state index in [4.69, 9.17) is 4.74 Å². The van der Waals surface area contributed by atoms with Crippen LogP contribution in [0.5, 0.6) is 5.75 Å². The number of nitrogens with zero attached hydrogens (tertiary/aromatic N) is 2. The number of piperidine rings is 1. The monoisotopic (exact) mass is 331 g/mol. The molecule has 5 nitrogen and oxygen atoms in total. The SMILES string of the molecule is COc1ccccc1C(=O)Nc1nc(CN2CCCCC2)cs1. The largest absolute Gasteiger partial charge is 0.496 e. The van der Waals surface area contributed by atoms with Gasteiger partial charge in [0.15, 0.2) is 5.13 Å². The third-order valence-corrected chi connectivity index (χ3v) is 4.76. The quantitative estimate of drug-likeness (QED) is 0.912. The van der Waals surface area contributed by atoms with Crippen molar-refractivity contribution in [2.75, 3.05) is 25.5 Å². The van der Waals surface area contributed by atoms with Crippen LogP contribution in [0.2, 0.25) is 0 Å². The summed E-state index contributed by atoms with van der Waals surface area (Å²) in [6, 6.07) is 7.19. The summed E-state index contributed by atoms with van der Waals surface area (Å²) >= 11 is 1.46. The first-order valence-electron chi connectivity index (χ1n) is 7.87. The maximum atomic E-state index is 12.4. The zero-order valence-corrected chi connectivity index (χ0v) is 14.1. The van der Waals surface area contributed by atoms with E-state index in [1.54, 1.807) is 19.2 Å². The molecule has 0 saturated carbocycles. The van der Waals surface area contributed by atoms with Crippen LogP contribution in [-0.4, -0.2) is 36.0 Å². The molecule has 6 heteroatoms. The fourth-order valence-electron chi connectivity index (χ4n) is 2.78. The van der Waals surface area contributed by atoms with Gasteiger partial charge < -0.3 is 4.74 Å². The third kappa shape index (κ3) is 4.09. The predicted octanol–water partition coefficient (Wildman–Crippen LogP) is 3.39. The van der Waals surface area contributed by atoms with Crippen molar-refractivity contribution in [2.24, 2.45) is 0 Å². The van der Waals surface area contributed by atoms with Gasteiger partial charge in [-0.2, -0.15) is 0 Å². The summed E-state index contributed by atoms with van der Waals surface area (Å²) < 4.78 is 5.23. The maximum Gasteiger partial charge on any atom is 0.261 e. The zero-order chi connectivity index (χ0) is 16.1. The molecule has 2 heterocycles. The van der Waals surface area contributed by atoms with E-state index in [2.05, 4.69) is 15.2 Å². The van der Waals surface area contributed by atoms with E-state index in [9.17, 15) is 4.79 Å². The van der Waals surface area contributed by atoms with Crippen LogP contribution >= 0.6 is 11.3 Å². The lowest BCUT2D eigenvalue weighted by Gasteiger charge is -2.25. The summed E-state index contributed by atoms with van der Waals surface area (Å²) in [5.41, 5.74) is 1.54. The fraction of sp³-hybridized carbons (Fsp3) is 0.412. The number of rotatable bonds is 5. The number of carbonyl (C=O) groups excluding carboxylic acids is 1. The van der Waals surface area contributed by atoms with Crippen molar-refractivity contribution in [3.05, 3.63) is 40.9 Å². The highest BCUT2D eigenvalue weighted by Crippen LogP contribution is 2.22. The minimum Gasteiger partial charge on any atom is -0.496 e. The topological polar surface area (TPSA) is 54.5 Å². The molecule has 0 radical (unpaired) electrons. The second-order valence-corrected chi connectivity index (χ2v) is 6.49. The molecule has 2 aromatic rings. The van der Waals surface area contributed by atoms with Crippen LogP contribution in [0.25, 0.3) is 0 Å². The molecule has 0 atom stereocenters. The van der Waals surface area contributed by atoms with Gasteiger partial charge >= 0.3 is 0 Å². The summed E-state index contributed by atoms with van der Waals surface area (Å²) in [7, 11) is 1.56. The first-order valence-corrected chi connectivity index (χ1v) is 8.75. The molecule has 0 aliphatic carbocycles. The average molecular weight is 331 g/mol. The number of hydrogen-bond donors (Lipinski definition) is 1. The van der Waals surface area contributed by atoms with Gasteiger partial charge in [-0.25, -0.2) is 4.98 Å². The average Bonchev–Trinajstić information content (AvgIpc) is 3.02. The van der Waals surface area contributed by atoms with Crippen LogP contribution in [-0.2, 0) is 6.54 Å². The first kappa shape index (κ1) is 16.0. The van der Waals surface area contributed by atoms with Crippen molar-refractivity contribution in [1.29, 1.82) is 0 Å².